The van der Waals surface area contributed by atoms with Crippen molar-refractivity contribution in [1.29, 1.82) is 0 Å². The molecule has 0 heteroatoms. The van der Waals surface area contributed by atoms with Crippen molar-refractivity contribution in [2.75, 3.05) is 0 Å². The summed E-state index contributed by atoms with van der Waals surface area (Å²) in [6.07, 6.45) is 8.48. The number of rotatable bonds is 1. The smallest absolute Gasteiger partial charge is 0.0277 e. The fourth-order valence-electron chi connectivity index (χ4n) is 0.0722. The summed E-state index contributed by atoms with van der Waals surface area (Å²) in [5, 5.41) is 0. The van der Waals surface area contributed by atoms with Crippen LogP contribution in [0.4, 0.5) is 0 Å². The summed E-state index contributed by atoms with van der Waals surface area (Å²) in [6, 6.07) is 0. The molecule has 0 bridgehead atoms. The summed E-state index contributed by atoms with van der Waals surface area (Å²) in [5.74, 6) is 2.15. The van der Waals surface area contributed by atoms with Crippen molar-refractivity contribution in [3.8, 4) is 5.92 Å². The second kappa shape index (κ2) is 3.30. The highest BCUT2D eigenvalue weighted by Gasteiger charge is 1.52. The van der Waals surface area contributed by atoms with Crippen LogP contribution in [0.2, 0.25) is 0 Å². The van der Waals surface area contributed by atoms with Gasteiger partial charge in [0.05, 0.1) is 0 Å². The van der Waals surface area contributed by atoms with E-state index in [1.807, 2.05) is 0 Å². The Morgan fingerprint density at radius 1 is 2.00 bits per heavy atom. The zero-order chi connectivity index (χ0) is 4.12. The summed E-state index contributed by atoms with van der Waals surface area (Å²) >= 11 is 0. The van der Waals surface area contributed by atoms with Crippen LogP contribution < -0.4 is 0 Å². The van der Waals surface area contributed by atoms with E-state index in [4.69, 9.17) is 6.42 Å². The molecule has 0 aliphatic heterocycles. The Morgan fingerprint density at radius 2 is 2.60 bits per heavy atom. The zero-order valence-electron chi connectivity index (χ0n) is 2.99. The van der Waals surface area contributed by atoms with Crippen LogP contribution in [-0.4, -0.2) is 0 Å². The van der Waals surface area contributed by atoms with E-state index in [-0.39, 0.29) is 0 Å². The second-order valence-corrected chi connectivity index (χ2v) is 0.670. The number of allylic oxidation sites excluding steroid dienone is 1. The Hall–Kier alpha value is -0.700. The van der Waals surface area contributed by atoms with Gasteiger partial charge in [0.2, 0.25) is 0 Å². The molecule has 0 fully saturated rings. The average Bonchev–Trinajstić information content (AvgIpc) is 1.41. The lowest BCUT2D eigenvalue weighted by Gasteiger charge is -1.59. The van der Waals surface area contributed by atoms with Gasteiger partial charge in [-0.15, -0.1) is 6.58 Å². The quantitative estimate of drug-likeness (QED) is 0.317. The molecule has 0 rings (SSSR count). The summed E-state index contributed by atoms with van der Waals surface area (Å²) < 4.78 is 0. The van der Waals surface area contributed by atoms with Gasteiger partial charge in [-0.1, -0.05) is 12.0 Å². The van der Waals surface area contributed by atoms with Crippen LogP contribution in [0.1, 0.15) is 6.42 Å². The van der Waals surface area contributed by atoms with Gasteiger partial charge >= 0.3 is 0 Å². The van der Waals surface area contributed by atoms with E-state index in [0.29, 0.717) is 6.42 Å². The van der Waals surface area contributed by atoms with Crippen LogP contribution in [0.25, 0.3) is 0 Å². The number of hydrogen-bond donors (Lipinski definition) is 0. The molecule has 0 aromatic heterocycles. The van der Waals surface area contributed by atoms with Crippen LogP contribution in [0.3, 0.4) is 0 Å². The minimum Gasteiger partial charge on any atom is -0.102 e. The molecule has 1 radical (unpaired) electrons. The minimum absolute atomic E-state index is 0.569. The molecule has 5 heavy (non-hydrogen) atoms. The summed E-state index contributed by atoms with van der Waals surface area (Å²) in [5.41, 5.74) is 0. The lowest BCUT2D eigenvalue weighted by molar-refractivity contribution is 1.49. The van der Waals surface area contributed by atoms with Crippen molar-refractivity contribution in [2.45, 2.75) is 6.42 Å². The summed E-state index contributed by atoms with van der Waals surface area (Å²) in [4.78, 5) is 0. The molecule has 0 aromatic rings. The minimum atomic E-state index is 0.569. The first-order valence-corrected chi connectivity index (χ1v) is 1.42. The average molecular weight is 65.1 g/mol. The molecular formula is C5H5. The van der Waals surface area contributed by atoms with Gasteiger partial charge < -0.3 is 0 Å². The monoisotopic (exact) mass is 65.0 g/mol. The summed E-state index contributed by atoms with van der Waals surface area (Å²) in [7, 11) is 0. The van der Waals surface area contributed by atoms with Crippen LogP contribution in [0.5, 0.6) is 0 Å². The lowest BCUT2D eigenvalue weighted by atomic mass is 10.5. The molecular weight excluding hydrogens is 60.1 g/mol. The third kappa shape index (κ3) is 3.30. The second-order valence-electron chi connectivity index (χ2n) is 0.670. The van der Waals surface area contributed by atoms with Crippen molar-refractivity contribution >= 4 is 0 Å². The van der Waals surface area contributed by atoms with E-state index in [9.17, 15) is 0 Å². The van der Waals surface area contributed by atoms with Crippen LogP contribution in [0.15, 0.2) is 12.7 Å². The van der Waals surface area contributed by atoms with Crippen molar-refractivity contribution in [3.63, 3.8) is 0 Å². The molecule has 0 spiro atoms. The maximum Gasteiger partial charge on any atom is 0.0277 e. The fourth-order valence-corrected chi connectivity index (χ4v) is 0.0722. The van der Waals surface area contributed by atoms with Crippen molar-refractivity contribution in [3.05, 3.63) is 19.1 Å². The Labute approximate surface area is 32.5 Å². The molecule has 0 atom stereocenters. The predicted molar refractivity (Wildman–Crippen MR) is 21.9 cm³/mol. The van der Waals surface area contributed by atoms with Crippen LogP contribution in [-0.2, 0) is 0 Å². The highest BCUT2D eigenvalue weighted by molar-refractivity contribution is 4.86. The Balaban J connectivity index is 2.75. The highest BCUT2D eigenvalue weighted by Crippen LogP contribution is 1.67. The van der Waals surface area contributed by atoms with E-state index < -0.39 is 0 Å². The molecule has 0 nitrogen and oxygen atoms in total. The molecule has 0 aliphatic rings. The molecule has 0 saturated carbocycles. The normalized spacial score (nSPS) is 5.40. The van der Waals surface area contributed by atoms with Crippen LogP contribution in [0, 0.1) is 12.3 Å². The maximum atomic E-state index is 6.28. The molecule has 0 saturated heterocycles. The Bertz CT molecular complexity index is 54.9. The van der Waals surface area contributed by atoms with Gasteiger partial charge in [-0.3, -0.25) is 0 Å². The van der Waals surface area contributed by atoms with Gasteiger partial charge in [0.25, 0.3) is 0 Å². The largest absolute Gasteiger partial charge is 0.102 e. The van der Waals surface area contributed by atoms with Crippen molar-refractivity contribution in [1.82, 2.24) is 0 Å². The third-order valence-corrected chi connectivity index (χ3v) is 0.246. The van der Waals surface area contributed by atoms with Crippen molar-refractivity contribution < 1.29 is 0 Å². The van der Waals surface area contributed by atoms with Gasteiger partial charge in [-0.2, -0.15) is 0 Å². The van der Waals surface area contributed by atoms with E-state index in [2.05, 4.69) is 12.5 Å². The fraction of sp³-hybridized carbons (Fsp3) is 0.200. The standard InChI is InChI=1S/C5H5/c1-3-5-4-2/h3H,1,5H2. The SMILES string of the molecule is [C]#CCC=C. The first-order valence-electron chi connectivity index (χ1n) is 1.42. The number of hydrogen-bond acceptors (Lipinski definition) is 0. The molecule has 0 N–H and O–H groups in total. The first kappa shape index (κ1) is 4.30. The molecule has 0 unspecified atom stereocenters. The van der Waals surface area contributed by atoms with E-state index in [0.717, 1.165) is 0 Å². The zero-order valence-corrected chi connectivity index (χ0v) is 2.99. The molecule has 0 aliphatic carbocycles. The van der Waals surface area contributed by atoms with Gasteiger partial charge in [0.15, 0.2) is 0 Å². The van der Waals surface area contributed by atoms with Gasteiger partial charge in [0.1, 0.15) is 0 Å². The first-order chi connectivity index (χ1) is 2.41. The molecule has 0 amide bonds. The molecule has 0 aromatic carbocycles. The Morgan fingerprint density at radius 3 is 2.60 bits per heavy atom. The van der Waals surface area contributed by atoms with Crippen LogP contribution >= 0.6 is 0 Å². The highest BCUT2D eigenvalue weighted by atomic mass is 13.6. The maximum absolute atomic E-state index is 6.28. The Kier molecular flexibility index (Phi) is 2.84. The van der Waals surface area contributed by atoms with Gasteiger partial charge in [-0.05, 0) is 6.42 Å². The van der Waals surface area contributed by atoms with Crippen molar-refractivity contribution in [2.24, 2.45) is 0 Å². The van der Waals surface area contributed by atoms with Gasteiger partial charge in [-0.25, -0.2) is 0 Å². The predicted octanol–water partition coefficient (Wildman–Crippen LogP) is 1.15. The summed E-state index contributed by atoms with van der Waals surface area (Å²) in [6.45, 7) is 3.37. The van der Waals surface area contributed by atoms with Gasteiger partial charge in [0, 0.05) is 6.42 Å². The van der Waals surface area contributed by atoms with E-state index >= 15 is 0 Å². The lowest BCUT2D eigenvalue weighted by Crippen LogP contribution is -1.44. The molecule has 0 heterocycles. The van der Waals surface area contributed by atoms with E-state index in [1.165, 1.54) is 0 Å². The third-order valence-electron chi connectivity index (χ3n) is 0.246. The molecule has 25 valence electrons. The topological polar surface area (TPSA) is 0 Å². The van der Waals surface area contributed by atoms with E-state index in [1.54, 1.807) is 6.08 Å².